The van der Waals surface area contributed by atoms with E-state index in [4.69, 9.17) is 4.74 Å². The molecule has 2 aliphatic rings. The molecule has 1 spiro atoms. The molecule has 3 rings (SSSR count). The molecule has 4 heteroatoms. The Labute approximate surface area is 126 Å². The average Bonchev–Trinajstić information content (AvgIpc) is 2.80. The second-order valence-corrected chi connectivity index (χ2v) is 6.73. The summed E-state index contributed by atoms with van der Waals surface area (Å²) in [6, 6.07) is 7.49. The van der Waals surface area contributed by atoms with Gasteiger partial charge in [-0.25, -0.2) is 0 Å². The van der Waals surface area contributed by atoms with Crippen LogP contribution in [0.2, 0.25) is 0 Å². The highest BCUT2D eigenvalue weighted by molar-refractivity contribution is 5.97. The Hall–Kier alpha value is -1.55. The van der Waals surface area contributed by atoms with Crippen LogP contribution in [0.1, 0.15) is 37.0 Å². The highest BCUT2D eigenvalue weighted by atomic mass is 16.5. The molecule has 0 saturated carbocycles. The van der Waals surface area contributed by atoms with E-state index in [-0.39, 0.29) is 11.4 Å². The Morgan fingerprint density at radius 3 is 3.00 bits per heavy atom. The van der Waals surface area contributed by atoms with Gasteiger partial charge in [-0.15, -0.1) is 0 Å². The second kappa shape index (κ2) is 5.68. The minimum Gasteiger partial charge on any atom is -0.490 e. The normalized spacial score (nSPS) is 25.6. The topological polar surface area (TPSA) is 41.6 Å². The third-order valence-corrected chi connectivity index (χ3v) is 4.47. The van der Waals surface area contributed by atoms with E-state index in [2.05, 4.69) is 24.1 Å². The molecule has 1 fully saturated rings. The van der Waals surface area contributed by atoms with Gasteiger partial charge in [-0.1, -0.05) is 26.0 Å². The Kier molecular flexibility index (Phi) is 3.89. The van der Waals surface area contributed by atoms with Crippen LogP contribution in [-0.4, -0.2) is 42.6 Å². The van der Waals surface area contributed by atoms with Crippen molar-refractivity contribution in [2.45, 2.75) is 32.2 Å². The van der Waals surface area contributed by atoms with Gasteiger partial charge in [0.15, 0.2) is 0 Å². The van der Waals surface area contributed by atoms with Crippen LogP contribution in [0.25, 0.3) is 0 Å². The molecule has 1 atom stereocenters. The zero-order chi connectivity index (χ0) is 14.9. The average molecular weight is 288 g/mol. The third-order valence-electron chi connectivity index (χ3n) is 4.47. The zero-order valence-electron chi connectivity index (χ0n) is 12.9. The number of hydrogen-bond donors (Lipinski definition) is 1. The van der Waals surface area contributed by atoms with E-state index in [0.29, 0.717) is 23.8 Å². The van der Waals surface area contributed by atoms with E-state index < -0.39 is 0 Å². The van der Waals surface area contributed by atoms with Crippen molar-refractivity contribution in [2.24, 2.45) is 5.92 Å². The number of fused-ring (bicyclic) bond motifs is 1. The lowest BCUT2D eigenvalue weighted by molar-refractivity contribution is 0.0888. The maximum absolute atomic E-state index is 12.4. The largest absolute Gasteiger partial charge is 0.490 e. The summed E-state index contributed by atoms with van der Waals surface area (Å²) in [6.07, 6.45) is 2.16. The summed E-state index contributed by atoms with van der Waals surface area (Å²) in [5.41, 5.74) is 0.419. The number of carbonyl (C=O) groups excluding carboxylic acids is 1. The Morgan fingerprint density at radius 1 is 1.38 bits per heavy atom. The fourth-order valence-electron chi connectivity index (χ4n) is 3.15. The van der Waals surface area contributed by atoms with Crippen molar-refractivity contribution in [3.05, 3.63) is 29.8 Å². The van der Waals surface area contributed by atoms with Crippen molar-refractivity contribution in [1.82, 2.24) is 10.2 Å². The van der Waals surface area contributed by atoms with Gasteiger partial charge in [-0.05, 0) is 37.4 Å². The quantitative estimate of drug-likeness (QED) is 0.928. The zero-order valence-corrected chi connectivity index (χ0v) is 12.9. The first-order valence-corrected chi connectivity index (χ1v) is 7.85. The summed E-state index contributed by atoms with van der Waals surface area (Å²) in [4.78, 5) is 14.9. The molecular weight excluding hydrogens is 264 g/mol. The van der Waals surface area contributed by atoms with Crippen LogP contribution in [0.5, 0.6) is 5.75 Å². The molecular formula is C17H24N2O2. The number of nitrogens with zero attached hydrogens (tertiary/aromatic N) is 1. The number of benzene rings is 1. The van der Waals surface area contributed by atoms with Gasteiger partial charge in [-0.2, -0.15) is 0 Å². The number of ether oxygens (including phenoxy) is 1. The predicted octanol–water partition coefficient (Wildman–Crippen LogP) is 2.30. The van der Waals surface area contributed by atoms with Crippen LogP contribution < -0.4 is 10.1 Å². The molecule has 1 unspecified atom stereocenters. The van der Waals surface area contributed by atoms with Crippen LogP contribution in [0.15, 0.2) is 24.3 Å². The maximum Gasteiger partial charge on any atom is 0.255 e. The molecule has 2 aliphatic heterocycles. The van der Waals surface area contributed by atoms with Crippen molar-refractivity contribution < 1.29 is 9.53 Å². The molecule has 114 valence electrons. The van der Waals surface area contributed by atoms with Crippen LogP contribution in [-0.2, 0) is 0 Å². The molecule has 1 N–H and O–H groups in total. The number of para-hydroxylation sites is 1. The minimum absolute atomic E-state index is 0.00573. The van der Waals surface area contributed by atoms with Gasteiger partial charge in [0, 0.05) is 13.1 Å². The third kappa shape index (κ3) is 3.05. The number of hydrogen-bond acceptors (Lipinski definition) is 3. The number of rotatable bonds is 3. The summed E-state index contributed by atoms with van der Waals surface area (Å²) < 4.78 is 5.92. The summed E-state index contributed by atoms with van der Waals surface area (Å²) >= 11 is 0. The van der Waals surface area contributed by atoms with Crippen molar-refractivity contribution in [3.8, 4) is 5.75 Å². The Balaban J connectivity index is 1.70. The molecule has 0 bridgehead atoms. The predicted molar refractivity (Wildman–Crippen MR) is 82.6 cm³/mol. The van der Waals surface area contributed by atoms with Crippen LogP contribution in [0.3, 0.4) is 0 Å². The molecule has 4 nitrogen and oxygen atoms in total. The fraction of sp³-hybridized carbons (Fsp3) is 0.588. The smallest absolute Gasteiger partial charge is 0.255 e. The molecule has 21 heavy (non-hydrogen) atoms. The molecule has 1 amide bonds. The van der Waals surface area contributed by atoms with E-state index >= 15 is 0 Å². The molecule has 1 saturated heterocycles. The minimum atomic E-state index is -0.229. The van der Waals surface area contributed by atoms with E-state index in [9.17, 15) is 4.79 Å². The first-order valence-electron chi connectivity index (χ1n) is 7.85. The highest BCUT2D eigenvalue weighted by Crippen LogP contribution is 2.29. The second-order valence-electron chi connectivity index (χ2n) is 6.73. The fourth-order valence-corrected chi connectivity index (χ4v) is 3.15. The number of nitrogens with one attached hydrogen (secondary N) is 1. The van der Waals surface area contributed by atoms with Gasteiger partial charge in [0.1, 0.15) is 12.4 Å². The van der Waals surface area contributed by atoms with Gasteiger partial charge in [0.2, 0.25) is 0 Å². The maximum atomic E-state index is 12.4. The van der Waals surface area contributed by atoms with Crippen molar-refractivity contribution in [1.29, 1.82) is 0 Å². The lowest BCUT2D eigenvalue weighted by Gasteiger charge is -2.28. The van der Waals surface area contributed by atoms with Gasteiger partial charge < -0.3 is 15.0 Å². The summed E-state index contributed by atoms with van der Waals surface area (Å²) in [6.45, 7) is 8.08. The lowest BCUT2D eigenvalue weighted by Crippen LogP contribution is -2.53. The molecule has 0 aromatic heterocycles. The molecule has 0 radical (unpaired) electrons. The summed E-state index contributed by atoms with van der Waals surface area (Å²) in [5.74, 6) is 1.41. The van der Waals surface area contributed by atoms with Crippen molar-refractivity contribution in [3.63, 3.8) is 0 Å². The summed E-state index contributed by atoms with van der Waals surface area (Å²) in [5, 5.41) is 3.22. The highest BCUT2D eigenvalue weighted by Gasteiger charge is 2.42. The molecule has 1 aromatic rings. The van der Waals surface area contributed by atoms with E-state index in [1.807, 2.05) is 24.3 Å². The number of amides is 1. The summed E-state index contributed by atoms with van der Waals surface area (Å²) in [7, 11) is 0. The van der Waals surface area contributed by atoms with E-state index in [1.54, 1.807) is 0 Å². The monoisotopic (exact) mass is 288 g/mol. The first-order chi connectivity index (χ1) is 10.1. The van der Waals surface area contributed by atoms with Crippen molar-refractivity contribution >= 4 is 5.91 Å². The van der Waals surface area contributed by atoms with Crippen LogP contribution >= 0.6 is 0 Å². The molecule has 2 heterocycles. The lowest BCUT2D eigenvalue weighted by atomic mass is 9.99. The van der Waals surface area contributed by atoms with E-state index in [1.165, 1.54) is 6.42 Å². The Morgan fingerprint density at radius 2 is 2.19 bits per heavy atom. The molecule has 1 aromatic carbocycles. The van der Waals surface area contributed by atoms with Gasteiger partial charge in [0.05, 0.1) is 11.1 Å². The Bertz CT molecular complexity index is 529. The van der Waals surface area contributed by atoms with Crippen molar-refractivity contribution in [2.75, 3.05) is 26.2 Å². The van der Waals surface area contributed by atoms with Gasteiger partial charge >= 0.3 is 0 Å². The molecule has 0 aliphatic carbocycles. The number of carbonyl (C=O) groups is 1. The van der Waals surface area contributed by atoms with Crippen LogP contribution in [0, 0.1) is 5.92 Å². The van der Waals surface area contributed by atoms with Crippen LogP contribution in [0.4, 0.5) is 0 Å². The van der Waals surface area contributed by atoms with E-state index in [0.717, 1.165) is 26.1 Å². The first kappa shape index (κ1) is 14.4. The SMILES string of the molecule is CC(C)CCN1CCC2(COc3ccccc3C(=O)N2)C1. The van der Waals surface area contributed by atoms with Gasteiger partial charge in [0.25, 0.3) is 5.91 Å². The van der Waals surface area contributed by atoms with Gasteiger partial charge in [-0.3, -0.25) is 4.79 Å². The standard InChI is InChI=1S/C17H24N2O2/c1-13(2)7-9-19-10-8-17(11-19)12-21-15-6-4-3-5-14(15)16(20)18-17/h3-6,13H,7-12H2,1-2H3,(H,18,20). The number of likely N-dealkylation sites (tertiary alicyclic amines) is 1.